The molecule has 0 unspecified atom stereocenters. The Bertz CT molecular complexity index is 793. The average molecular weight is 392 g/mol. The number of anilines is 1. The number of hydrogen-bond donors (Lipinski definition) is 1. The summed E-state index contributed by atoms with van der Waals surface area (Å²) in [7, 11) is 0. The molecule has 0 spiro atoms. The lowest BCUT2D eigenvalue weighted by Gasteiger charge is -2.18. The minimum atomic E-state index is -2.92. The fourth-order valence-electron chi connectivity index (χ4n) is 2.47. The van der Waals surface area contributed by atoms with Crippen molar-refractivity contribution in [1.29, 1.82) is 0 Å². The molecule has 2 aromatic rings. The van der Waals surface area contributed by atoms with Gasteiger partial charge in [-0.25, -0.2) is 0 Å². The Labute approximate surface area is 162 Å². The van der Waals surface area contributed by atoms with Crippen LogP contribution in [0, 0.1) is 0 Å². The second-order valence-electron chi connectivity index (χ2n) is 5.74. The van der Waals surface area contributed by atoms with Crippen molar-refractivity contribution >= 4 is 17.5 Å². The molecule has 0 radical (unpaired) electrons. The molecule has 1 N–H and O–H groups in total. The first kappa shape index (κ1) is 21.1. The number of carbonyl (C=O) groups excluding carboxylic acids is 2. The van der Waals surface area contributed by atoms with Gasteiger partial charge in [0.05, 0.1) is 0 Å². The van der Waals surface area contributed by atoms with E-state index in [2.05, 4.69) is 10.1 Å². The first-order chi connectivity index (χ1) is 13.4. The van der Waals surface area contributed by atoms with Crippen LogP contribution in [-0.2, 0) is 4.79 Å². The van der Waals surface area contributed by atoms with E-state index in [9.17, 15) is 18.4 Å². The van der Waals surface area contributed by atoms with Crippen molar-refractivity contribution in [2.75, 3.05) is 25.0 Å². The minimum absolute atomic E-state index is 0.0279. The van der Waals surface area contributed by atoms with Crippen LogP contribution in [0.4, 0.5) is 14.5 Å². The number of amides is 2. The van der Waals surface area contributed by atoms with E-state index in [1.807, 2.05) is 13.8 Å². The summed E-state index contributed by atoms with van der Waals surface area (Å²) in [6, 6.07) is 12.0. The Hall–Kier alpha value is -3.16. The van der Waals surface area contributed by atoms with Crippen molar-refractivity contribution in [3.8, 4) is 11.5 Å². The molecule has 0 heterocycles. The van der Waals surface area contributed by atoms with Gasteiger partial charge in [0.2, 0.25) is 0 Å². The Morgan fingerprint density at radius 1 is 1.04 bits per heavy atom. The molecule has 6 nitrogen and oxygen atoms in total. The number of hydrogen-bond acceptors (Lipinski definition) is 4. The fraction of sp³-hybridized carbons (Fsp3) is 0.300. The maximum Gasteiger partial charge on any atom is 0.387 e. The number of halogens is 2. The second kappa shape index (κ2) is 10.2. The van der Waals surface area contributed by atoms with Crippen LogP contribution in [0.3, 0.4) is 0 Å². The third-order valence-electron chi connectivity index (χ3n) is 3.91. The van der Waals surface area contributed by atoms with Crippen molar-refractivity contribution in [2.45, 2.75) is 20.5 Å². The van der Waals surface area contributed by atoms with Crippen LogP contribution in [0.1, 0.15) is 24.2 Å². The van der Waals surface area contributed by atoms with Crippen LogP contribution < -0.4 is 14.8 Å². The third kappa shape index (κ3) is 6.22. The topological polar surface area (TPSA) is 67.9 Å². The Balaban J connectivity index is 1.96. The molecule has 28 heavy (non-hydrogen) atoms. The second-order valence-corrected chi connectivity index (χ2v) is 5.74. The molecule has 0 atom stereocenters. The summed E-state index contributed by atoms with van der Waals surface area (Å²) < 4.78 is 34.1. The molecular weight excluding hydrogens is 370 g/mol. The highest BCUT2D eigenvalue weighted by molar-refractivity contribution is 6.04. The van der Waals surface area contributed by atoms with Crippen molar-refractivity contribution < 1.29 is 27.8 Å². The van der Waals surface area contributed by atoms with Gasteiger partial charge in [-0.1, -0.05) is 6.07 Å². The van der Waals surface area contributed by atoms with Gasteiger partial charge in [0.15, 0.2) is 6.61 Å². The number of carbonyl (C=O) groups is 2. The van der Waals surface area contributed by atoms with Gasteiger partial charge in [0.25, 0.3) is 11.8 Å². The van der Waals surface area contributed by atoms with Crippen molar-refractivity contribution in [3.05, 3.63) is 54.1 Å². The molecule has 2 rings (SSSR count). The first-order valence-corrected chi connectivity index (χ1v) is 8.79. The van der Waals surface area contributed by atoms with Gasteiger partial charge >= 0.3 is 6.61 Å². The summed E-state index contributed by atoms with van der Waals surface area (Å²) in [6.07, 6.45) is 0. The Morgan fingerprint density at radius 3 is 2.32 bits per heavy atom. The summed E-state index contributed by atoms with van der Waals surface area (Å²) in [4.78, 5) is 25.9. The maximum atomic E-state index is 12.3. The Kier molecular flexibility index (Phi) is 7.74. The van der Waals surface area contributed by atoms with E-state index >= 15 is 0 Å². The highest BCUT2D eigenvalue weighted by Crippen LogP contribution is 2.19. The fourth-order valence-corrected chi connectivity index (χ4v) is 2.47. The van der Waals surface area contributed by atoms with Gasteiger partial charge in [-0.2, -0.15) is 8.78 Å². The molecule has 0 saturated carbocycles. The van der Waals surface area contributed by atoms with E-state index in [4.69, 9.17) is 4.74 Å². The van der Waals surface area contributed by atoms with Crippen molar-refractivity contribution in [3.63, 3.8) is 0 Å². The average Bonchev–Trinajstić information content (AvgIpc) is 2.67. The summed E-state index contributed by atoms with van der Waals surface area (Å²) in [5, 5.41) is 2.69. The van der Waals surface area contributed by atoms with E-state index in [0.29, 0.717) is 24.5 Å². The summed E-state index contributed by atoms with van der Waals surface area (Å²) >= 11 is 0. The lowest BCUT2D eigenvalue weighted by molar-refractivity contribution is -0.132. The first-order valence-electron chi connectivity index (χ1n) is 8.79. The predicted octanol–water partition coefficient (Wildman–Crippen LogP) is 3.79. The number of benzene rings is 2. The molecule has 2 amide bonds. The van der Waals surface area contributed by atoms with E-state index in [0.717, 1.165) is 0 Å². The van der Waals surface area contributed by atoms with E-state index in [-0.39, 0.29) is 23.8 Å². The molecule has 0 aliphatic carbocycles. The molecule has 0 fully saturated rings. The number of rotatable bonds is 9. The van der Waals surface area contributed by atoms with Gasteiger partial charge < -0.3 is 19.7 Å². The molecule has 0 aromatic heterocycles. The van der Waals surface area contributed by atoms with Crippen LogP contribution in [0.25, 0.3) is 0 Å². The zero-order valence-electron chi connectivity index (χ0n) is 15.7. The zero-order chi connectivity index (χ0) is 20.5. The van der Waals surface area contributed by atoms with Crippen LogP contribution in [0.15, 0.2) is 48.5 Å². The summed E-state index contributed by atoms with van der Waals surface area (Å²) in [6.45, 7) is 1.99. The van der Waals surface area contributed by atoms with Crippen LogP contribution >= 0.6 is 0 Å². The number of nitrogens with one attached hydrogen (secondary N) is 1. The molecular formula is C20H22F2N2O4. The highest BCUT2D eigenvalue weighted by atomic mass is 19.3. The van der Waals surface area contributed by atoms with E-state index < -0.39 is 12.5 Å². The lowest BCUT2D eigenvalue weighted by atomic mass is 10.2. The summed E-state index contributed by atoms with van der Waals surface area (Å²) in [5.41, 5.74) is 0.760. The lowest BCUT2D eigenvalue weighted by Crippen LogP contribution is -2.34. The number of nitrogens with zero attached hydrogens (tertiary/aromatic N) is 1. The number of likely N-dealkylation sites (N-methyl/N-ethyl adjacent to an activating group) is 1. The monoisotopic (exact) mass is 392 g/mol. The minimum Gasteiger partial charge on any atom is -0.484 e. The number of ether oxygens (including phenoxy) is 2. The number of alkyl halides is 2. The maximum absolute atomic E-state index is 12.3. The van der Waals surface area contributed by atoms with Crippen LogP contribution in [0.2, 0.25) is 0 Å². The summed E-state index contributed by atoms with van der Waals surface area (Å²) in [5.74, 6) is -0.121. The van der Waals surface area contributed by atoms with Gasteiger partial charge in [-0.15, -0.1) is 0 Å². The smallest absolute Gasteiger partial charge is 0.387 e. The molecule has 150 valence electrons. The zero-order valence-corrected chi connectivity index (χ0v) is 15.7. The van der Waals surface area contributed by atoms with Gasteiger partial charge in [-0.05, 0) is 50.2 Å². The van der Waals surface area contributed by atoms with Gasteiger partial charge in [0.1, 0.15) is 11.5 Å². The van der Waals surface area contributed by atoms with Crippen LogP contribution in [-0.4, -0.2) is 43.0 Å². The van der Waals surface area contributed by atoms with E-state index in [1.54, 1.807) is 29.2 Å². The standard InChI is InChI=1S/C20H22F2N2O4/c1-3-24(4-2)18(25)13-27-17-7-5-6-15(12-17)23-19(26)14-8-10-16(11-9-14)28-20(21)22/h5-12,20H,3-4,13H2,1-2H3,(H,23,26). The van der Waals surface area contributed by atoms with Gasteiger partial charge in [0, 0.05) is 30.4 Å². The SMILES string of the molecule is CCN(CC)C(=O)COc1cccc(NC(=O)c2ccc(OC(F)F)cc2)c1. The van der Waals surface area contributed by atoms with Gasteiger partial charge in [-0.3, -0.25) is 9.59 Å². The molecule has 0 saturated heterocycles. The normalized spacial score (nSPS) is 10.5. The highest BCUT2D eigenvalue weighted by Gasteiger charge is 2.11. The molecule has 8 heteroatoms. The van der Waals surface area contributed by atoms with Crippen LogP contribution in [0.5, 0.6) is 11.5 Å². The quantitative estimate of drug-likeness (QED) is 0.705. The molecule has 0 aliphatic heterocycles. The molecule has 0 bridgehead atoms. The third-order valence-corrected chi connectivity index (χ3v) is 3.91. The molecule has 0 aliphatic rings. The van der Waals surface area contributed by atoms with Crippen molar-refractivity contribution in [2.24, 2.45) is 0 Å². The predicted molar refractivity (Wildman–Crippen MR) is 101 cm³/mol. The Morgan fingerprint density at radius 2 is 1.71 bits per heavy atom. The van der Waals surface area contributed by atoms with Crippen molar-refractivity contribution in [1.82, 2.24) is 4.90 Å². The van der Waals surface area contributed by atoms with E-state index in [1.165, 1.54) is 24.3 Å². The largest absolute Gasteiger partial charge is 0.484 e. The molecule has 2 aromatic carbocycles.